The Morgan fingerprint density at radius 3 is 0.739 bits per heavy atom. The molecule has 0 saturated heterocycles. The molecule has 0 spiro atoms. The molecule has 27 rings (SSSR count). The molecule has 17 heteroatoms. The van der Waals surface area contributed by atoms with E-state index in [9.17, 15) is 0 Å². The van der Waals surface area contributed by atoms with Crippen molar-refractivity contribution in [1.29, 1.82) is 0 Å². The van der Waals surface area contributed by atoms with Crippen LogP contribution in [-0.2, 0) is 0 Å². The summed E-state index contributed by atoms with van der Waals surface area (Å²) in [5.41, 5.74) is 35.9. The maximum absolute atomic E-state index is 5.23. The second-order valence-corrected chi connectivity index (χ2v) is 33.9. The third-order valence-electron chi connectivity index (χ3n) is 25.6. The maximum Gasteiger partial charge on any atom is 0.145 e. The van der Waals surface area contributed by atoms with Crippen molar-refractivity contribution in [3.8, 4) is 136 Å². The van der Waals surface area contributed by atoms with Gasteiger partial charge in [0.05, 0.1) is 122 Å². The Kier molecular flexibility index (Phi) is 20.4. The second-order valence-electron chi connectivity index (χ2n) is 33.9. The summed E-state index contributed by atoms with van der Waals surface area (Å²) >= 11 is 0. The van der Waals surface area contributed by atoms with E-state index in [1.807, 2.05) is 147 Å². The molecule has 138 heavy (non-hydrogen) atoms. The number of aromatic nitrogens is 17. The minimum absolute atomic E-state index is 0.848. The van der Waals surface area contributed by atoms with Gasteiger partial charge >= 0.3 is 0 Å². The molecule has 17 nitrogen and oxygen atoms in total. The molecule has 0 unspecified atom stereocenters. The minimum Gasteiger partial charge on any atom is -0.299 e. The fourth-order valence-electron chi connectivity index (χ4n) is 19.4. The topological polar surface area (TPSA) is 155 Å². The Balaban J connectivity index is 0.000000112. The lowest BCUT2D eigenvalue weighted by Gasteiger charge is -2.19. The molecule has 18 aromatic carbocycles. The highest BCUT2D eigenvalue weighted by Crippen LogP contribution is 2.44. The fourth-order valence-corrected chi connectivity index (χ4v) is 19.4. The molecule has 0 amide bonds. The van der Waals surface area contributed by atoms with Crippen molar-refractivity contribution in [2.75, 3.05) is 0 Å². The molecule has 650 valence electrons. The number of para-hydroxylation sites is 20. The Hall–Kier alpha value is -19.1. The summed E-state index contributed by atoms with van der Waals surface area (Å²) in [6.07, 6.45) is 9.34. The molecular formula is C121H81N17. The average molecular weight is 1770 g/mol. The summed E-state index contributed by atoms with van der Waals surface area (Å²) in [6, 6.07) is 160. The van der Waals surface area contributed by atoms with E-state index in [1.165, 1.54) is 0 Å². The van der Waals surface area contributed by atoms with Gasteiger partial charge in [0.15, 0.2) is 0 Å². The fraction of sp³-hybridized carbons (Fsp3) is 0. The van der Waals surface area contributed by atoms with Crippen LogP contribution in [0.1, 0.15) is 0 Å². The zero-order valence-corrected chi connectivity index (χ0v) is 74.4. The molecule has 0 aliphatic carbocycles. The number of imidazole rings is 8. The smallest absolute Gasteiger partial charge is 0.145 e. The number of benzene rings is 18. The van der Waals surface area contributed by atoms with E-state index < -0.39 is 0 Å². The van der Waals surface area contributed by atoms with E-state index in [0.29, 0.717) is 0 Å². The highest BCUT2D eigenvalue weighted by atomic mass is 15.1. The van der Waals surface area contributed by atoms with Crippen molar-refractivity contribution in [1.82, 2.24) is 81.4 Å². The normalized spacial score (nSPS) is 11.5. The number of fused-ring (bicyclic) bond motifs is 8. The third kappa shape index (κ3) is 14.6. The summed E-state index contributed by atoms with van der Waals surface area (Å²) in [6.45, 7) is 0. The Labute approximate surface area is 792 Å². The quantitative estimate of drug-likeness (QED) is 0.0919. The lowest BCUT2D eigenvalue weighted by atomic mass is 10.0. The molecule has 9 aromatic heterocycles. The van der Waals surface area contributed by atoms with E-state index >= 15 is 0 Å². The van der Waals surface area contributed by atoms with E-state index in [-0.39, 0.29) is 0 Å². The van der Waals surface area contributed by atoms with Gasteiger partial charge < -0.3 is 0 Å². The van der Waals surface area contributed by atoms with Crippen LogP contribution in [0.5, 0.6) is 0 Å². The first-order valence-corrected chi connectivity index (χ1v) is 45.9. The first-order valence-electron chi connectivity index (χ1n) is 45.9. The first-order chi connectivity index (χ1) is 68.5. The van der Waals surface area contributed by atoms with E-state index in [4.69, 9.17) is 24.9 Å². The van der Waals surface area contributed by atoms with Crippen LogP contribution in [0, 0.1) is 0 Å². The predicted octanol–water partition coefficient (Wildman–Crippen LogP) is 28.5. The lowest BCUT2D eigenvalue weighted by molar-refractivity contribution is 1.05. The van der Waals surface area contributed by atoms with Gasteiger partial charge in [0, 0.05) is 73.8 Å². The zero-order valence-electron chi connectivity index (χ0n) is 74.4. The monoisotopic (exact) mass is 1770 g/mol. The molecule has 0 radical (unpaired) electrons. The van der Waals surface area contributed by atoms with Crippen molar-refractivity contribution in [3.05, 3.63) is 492 Å². The van der Waals surface area contributed by atoms with E-state index in [0.717, 1.165) is 224 Å². The van der Waals surface area contributed by atoms with Gasteiger partial charge in [-0.25, -0.2) is 39.9 Å². The molecule has 9 heterocycles. The van der Waals surface area contributed by atoms with Crippen LogP contribution in [0.25, 0.3) is 224 Å². The summed E-state index contributed by atoms with van der Waals surface area (Å²) in [5.74, 6) is 4.42. The van der Waals surface area contributed by atoms with E-state index in [2.05, 4.69) is 402 Å². The summed E-state index contributed by atoms with van der Waals surface area (Å²) in [4.78, 5) is 44.2. The van der Waals surface area contributed by atoms with Crippen LogP contribution in [0.4, 0.5) is 0 Å². The van der Waals surface area contributed by atoms with Crippen molar-refractivity contribution in [3.63, 3.8) is 0 Å². The lowest BCUT2D eigenvalue weighted by Crippen LogP contribution is -2.04. The Morgan fingerprint density at radius 1 is 0.152 bits per heavy atom. The molecule has 0 fully saturated rings. The highest BCUT2D eigenvalue weighted by molar-refractivity contribution is 5.95. The summed E-state index contributed by atoms with van der Waals surface area (Å²) < 4.78 is 17.9. The Bertz CT molecular complexity index is 8850. The zero-order chi connectivity index (χ0) is 91.4. The first kappa shape index (κ1) is 80.9. The summed E-state index contributed by atoms with van der Waals surface area (Å²) in [7, 11) is 0. The number of hydrogen-bond donors (Lipinski definition) is 0. The van der Waals surface area contributed by atoms with Gasteiger partial charge in [-0.15, -0.1) is 0 Å². The molecule has 0 atom stereocenters. The van der Waals surface area contributed by atoms with Gasteiger partial charge in [-0.3, -0.25) is 41.5 Å². The molecule has 0 aliphatic rings. The largest absolute Gasteiger partial charge is 0.299 e. The van der Waals surface area contributed by atoms with Crippen molar-refractivity contribution in [2.45, 2.75) is 0 Å². The standard InChI is InChI=1S/C50H33N7.C38H26N4.C33H22N6/c1-3-15-34(16-4-1)48-52-41-20-8-12-24-45(41)55(48)38-31-37(32-39(33-38)56-46-25-13-9-21-42(46)53-49(56)35-17-5-2-6-18-35)40-19-7-11-23-44(40)57-47-26-14-10-22-43(47)54-50(57)36-27-29-51-30-28-36;1-3-15-27(16-4-1)37-39-31-21-9-13-25-35(31)41(37)33-23-11-7-19-29(33)30-20-8-12-24-34(30)42-36-26-14-10-22-32(36)40-38(42)28-17-5-2-6-18-28;1-5-13-30(39-22-36-29-12-4-8-16-33(29)39)26(9-1)23-17-24(37-20-34-27-10-2-6-14-31(27)37)19-25(18-23)38-21-35-28-11-3-7-15-32(28)38/h1-33H;1-26H;1-22H. The Morgan fingerprint density at radius 2 is 0.384 bits per heavy atom. The van der Waals surface area contributed by atoms with Crippen LogP contribution < -0.4 is 0 Å². The van der Waals surface area contributed by atoms with Gasteiger partial charge in [0.25, 0.3) is 0 Å². The minimum atomic E-state index is 0.848. The SMILES string of the molecule is c1ccc(-c2nc3ccccc3n2-c2cc(-c3ccccc3-n3c(-c4ccncc4)nc4ccccc43)cc(-n3c(-c4ccccc4)nc4ccccc43)c2)cc1.c1ccc(-c2nc3ccccc3n2-c2ccccc2-c2ccccc2-n2c(-c3ccccc3)nc3ccccc32)cc1.c1ccc(-n2cnc3ccccc32)c(-c2cc(-n3cnc4ccccc43)cc(-n3cnc4ccccc43)c2)c1. The van der Waals surface area contributed by atoms with Crippen molar-refractivity contribution >= 4 is 88.3 Å². The van der Waals surface area contributed by atoms with Gasteiger partial charge in [-0.2, -0.15) is 0 Å². The third-order valence-corrected chi connectivity index (χ3v) is 25.6. The molecule has 27 aromatic rings. The molecule has 0 N–H and O–H groups in total. The highest BCUT2D eigenvalue weighted by Gasteiger charge is 2.27. The molecule has 0 aliphatic heterocycles. The average Bonchev–Trinajstić information content (AvgIpc) is 1.59. The second kappa shape index (κ2) is 34.9. The molecule has 0 saturated carbocycles. The number of hydrogen-bond acceptors (Lipinski definition) is 9. The number of nitrogens with zero attached hydrogens (tertiary/aromatic N) is 17. The number of rotatable bonds is 16. The van der Waals surface area contributed by atoms with Gasteiger partial charge in [0.2, 0.25) is 0 Å². The van der Waals surface area contributed by atoms with Crippen LogP contribution in [0.15, 0.2) is 492 Å². The van der Waals surface area contributed by atoms with Crippen molar-refractivity contribution < 1.29 is 0 Å². The van der Waals surface area contributed by atoms with Crippen LogP contribution in [0.2, 0.25) is 0 Å². The van der Waals surface area contributed by atoms with Crippen LogP contribution in [-0.4, -0.2) is 81.4 Å². The maximum atomic E-state index is 5.23. The van der Waals surface area contributed by atoms with Gasteiger partial charge in [-0.1, -0.05) is 291 Å². The molecular weight excluding hydrogens is 1690 g/mol. The van der Waals surface area contributed by atoms with Crippen LogP contribution >= 0.6 is 0 Å². The van der Waals surface area contributed by atoms with Gasteiger partial charge in [-0.05, 0) is 181 Å². The predicted molar refractivity (Wildman–Crippen MR) is 558 cm³/mol. The number of pyridine rings is 1. The van der Waals surface area contributed by atoms with E-state index in [1.54, 1.807) is 0 Å². The summed E-state index contributed by atoms with van der Waals surface area (Å²) in [5, 5.41) is 0. The molecule has 0 bridgehead atoms. The van der Waals surface area contributed by atoms with Crippen molar-refractivity contribution in [2.24, 2.45) is 0 Å². The van der Waals surface area contributed by atoms with Gasteiger partial charge in [0.1, 0.15) is 48.1 Å². The van der Waals surface area contributed by atoms with Crippen LogP contribution in [0.3, 0.4) is 0 Å².